The fraction of sp³-hybridized carbons (Fsp3) is 1.00. The number of hydrogen-bond acceptors (Lipinski definition) is 5. The maximum absolute atomic E-state index is 10.2. The zero-order chi connectivity index (χ0) is 8.41. The second-order valence-electron chi connectivity index (χ2n) is 2.22. The molecule has 0 saturated heterocycles. The summed E-state index contributed by atoms with van der Waals surface area (Å²) in [5.41, 5.74) is 0. The Bertz CT molecular complexity index is 195. The van der Waals surface area contributed by atoms with Crippen molar-refractivity contribution < 1.29 is 52.7 Å². The van der Waals surface area contributed by atoms with E-state index in [1.54, 1.807) is 0 Å². The van der Waals surface area contributed by atoms with Crippen molar-refractivity contribution in [2.24, 2.45) is 0 Å². The smallest absolute Gasteiger partial charge is 0.747 e. The van der Waals surface area contributed by atoms with Crippen LogP contribution in [0.4, 0.5) is 0 Å². The van der Waals surface area contributed by atoms with Crippen molar-refractivity contribution in [2.75, 3.05) is 13.2 Å². The monoisotopic (exact) mass is 192 g/mol. The maximum Gasteiger partial charge on any atom is 1.00 e. The second kappa shape index (κ2) is 4.76. The summed E-state index contributed by atoms with van der Waals surface area (Å²) in [5, 5.41) is 16.8. The fourth-order valence-electron chi connectivity index (χ4n) is 0.208. The molecule has 0 aliphatic carbocycles. The first-order chi connectivity index (χ1) is 4.37. The summed E-state index contributed by atoms with van der Waals surface area (Å²) >= 11 is 0. The van der Waals surface area contributed by atoms with Gasteiger partial charge in [0.2, 0.25) is 0 Å². The van der Waals surface area contributed by atoms with Crippen LogP contribution >= 0.6 is 0 Å². The molecule has 0 heterocycles. The van der Waals surface area contributed by atoms with Gasteiger partial charge in [0.25, 0.3) is 0 Å². The molecule has 62 valence electrons. The van der Waals surface area contributed by atoms with E-state index >= 15 is 0 Å². The molecule has 0 saturated carbocycles. The molecular weight excluding hydrogens is 183 g/mol. The molecule has 0 aromatic rings. The standard InChI is InChI=1S/C4H10O5S.Na/c1-4(2-5,3-6)10(7,8)9;/h5-6H,2-3H2,1H3,(H,7,8,9);/q;+1/p-1. The molecule has 0 fully saturated rings. The Labute approximate surface area is 87.5 Å². The Balaban J connectivity index is 0. The molecule has 0 amide bonds. The first kappa shape index (κ1) is 14.4. The van der Waals surface area contributed by atoms with Crippen molar-refractivity contribution >= 4 is 10.1 Å². The largest absolute Gasteiger partial charge is 1.00 e. The predicted molar refractivity (Wildman–Crippen MR) is 32.3 cm³/mol. The molecule has 11 heavy (non-hydrogen) atoms. The molecule has 2 N–H and O–H groups in total. The molecule has 0 spiro atoms. The van der Waals surface area contributed by atoms with Gasteiger partial charge in [-0.3, -0.25) is 0 Å². The van der Waals surface area contributed by atoms with Crippen molar-refractivity contribution in [1.29, 1.82) is 0 Å². The van der Waals surface area contributed by atoms with Gasteiger partial charge in [-0.1, -0.05) is 0 Å². The van der Waals surface area contributed by atoms with Crippen LogP contribution in [0.1, 0.15) is 6.92 Å². The molecule has 0 aromatic carbocycles. The molecule has 0 aliphatic rings. The molecule has 0 rings (SSSR count). The molecule has 0 atom stereocenters. The van der Waals surface area contributed by atoms with Crippen LogP contribution in [-0.4, -0.2) is 41.1 Å². The molecule has 0 unspecified atom stereocenters. The van der Waals surface area contributed by atoms with Crippen LogP contribution in [0.3, 0.4) is 0 Å². The van der Waals surface area contributed by atoms with Gasteiger partial charge in [-0.15, -0.1) is 0 Å². The van der Waals surface area contributed by atoms with Gasteiger partial charge in [0.15, 0.2) is 0 Å². The Kier molecular flexibility index (Phi) is 6.21. The van der Waals surface area contributed by atoms with Gasteiger partial charge in [0.1, 0.15) is 14.9 Å². The van der Waals surface area contributed by atoms with E-state index in [2.05, 4.69) is 0 Å². The first-order valence-corrected chi connectivity index (χ1v) is 3.95. The predicted octanol–water partition coefficient (Wildman–Crippen LogP) is -4.72. The molecule has 0 radical (unpaired) electrons. The van der Waals surface area contributed by atoms with E-state index in [9.17, 15) is 13.0 Å². The minimum atomic E-state index is -4.61. The van der Waals surface area contributed by atoms with Crippen molar-refractivity contribution in [3.05, 3.63) is 0 Å². The topological polar surface area (TPSA) is 97.7 Å². The SMILES string of the molecule is CC(CO)(CO)S(=O)(=O)[O-].[Na+]. The zero-order valence-corrected chi connectivity index (χ0v) is 9.26. The van der Waals surface area contributed by atoms with Crippen molar-refractivity contribution in [3.63, 3.8) is 0 Å². The van der Waals surface area contributed by atoms with Crippen LogP contribution in [0.15, 0.2) is 0 Å². The summed E-state index contributed by atoms with van der Waals surface area (Å²) in [6.07, 6.45) is 0. The van der Waals surface area contributed by atoms with Gasteiger partial charge in [-0.05, 0) is 6.92 Å². The average molecular weight is 192 g/mol. The average Bonchev–Trinajstić information content (AvgIpc) is 1.84. The Morgan fingerprint density at radius 1 is 1.36 bits per heavy atom. The van der Waals surface area contributed by atoms with Gasteiger partial charge in [-0.25, -0.2) is 8.42 Å². The van der Waals surface area contributed by atoms with Gasteiger partial charge >= 0.3 is 29.6 Å². The van der Waals surface area contributed by atoms with Gasteiger partial charge < -0.3 is 14.8 Å². The summed E-state index contributed by atoms with van der Waals surface area (Å²) in [7, 11) is -4.61. The van der Waals surface area contributed by atoms with Crippen molar-refractivity contribution in [1.82, 2.24) is 0 Å². The van der Waals surface area contributed by atoms with Crippen LogP contribution in [0.5, 0.6) is 0 Å². The van der Waals surface area contributed by atoms with Gasteiger partial charge in [-0.2, -0.15) is 0 Å². The molecule has 5 nitrogen and oxygen atoms in total. The van der Waals surface area contributed by atoms with Crippen LogP contribution in [0.25, 0.3) is 0 Å². The summed E-state index contributed by atoms with van der Waals surface area (Å²) in [6, 6.07) is 0. The van der Waals surface area contributed by atoms with Crippen LogP contribution < -0.4 is 29.6 Å². The molecule has 7 heteroatoms. The van der Waals surface area contributed by atoms with E-state index in [1.165, 1.54) is 0 Å². The summed E-state index contributed by atoms with van der Waals surface area (Å²) < 4.78 is 28.8. The summed E-state index contributed by atoms with van der Waals surface area (Å²) in [5.74, 6) is 0. The number of rotatable bonds is 3. The van der Waals surface area contributed by atoms with E-state index in [4.69, 9.17) is 10.2 Å². The third-order valence-corrected chi connectivity index (χ3v) is 2.74. The number of aliphatic hydroxyl groups is 2. The van der Waals surface area contributed by atoms with Crippen LogP contribution in [0, 0.1) is 0 Å². The molecule has 0 aliphatic heterocycles. The second-order valence-corrected chi connectivity index (χ2v) is 4.11. The van der Waals surface area contributed by atoms with Crippen molar-refractivity contribution in [2.45, 2.75) is 11.7 Å². The quantitative estimate of drug-likeness (QED) is 0.346. The normalized spacial score (nSPS) is 12.4. The minimum Gasteiger partial charge on any atom is -0.747 e. The minimum absolute atomic E-state index is 0. The summed E-state index contributed by atoms with van der Waals surface area (Å²) in [4.78, 5) is 0. The van der Waals surface area contributed by atoms with E-state index in [0.29, 0.717) is 0 Å². The maximum atomic E-state index is 10.2. The van der Waals surface area contributed by atoms with E-state index in [1.807, 2.05) is 0 Å². The third-order valence-electron chi connectivity index (χ3n) is 1.27. The number of aliphatic hydroxyl groups excluding tert-OH is 2. The number of hydrogen-bond donors (Lipinski definition) is 2. The summed E-state index contributed by atoms with van der Waals surface area (Å²) in [6.45, 7) is -0.750. The van der Waals surface area contributed by atoms with Crippen LogP contribution in [-0.2, 0) is 10.1 Å². The Hall–Kier alpha value is 0.830. The van der Waals surface area contributed by atoms with Crippen molar-refractivity contribution in [3.8, 4) is 0 Å². The third kappa shape index (κ3) is 3.37. The van der Waals surface area contributed by atoms with Crippen LogP contribution in [0.2, 0.25) is 0 Å². The molecule has 0 bridgehead atoms. The van der Waals surface area contributed by atoms with Gasteiger partial charge in [0.05, 0.1) is 13.2 Å². The zero-order valence-electron chi connectivity index (χ0n) is 6.44. The van der Waals surface area contributed by atoms with E-state index < -0.39 is 28.1 Å². The fourth-order valence-corrected chi connectivity index (χ4v) is 0.524. The molecular formula is C4H9NaO5S. The first-order valence-electron chi connectivity index (χ1n) is 2.54. The van der Waals surface area contributed by atoms with E-state index in [-0.39, 0.29) is 29.6 Å². The van der Waals surface area contributed by atoms with Gasteiger partial charge in [0, 0.05) is 0 Å². The van der Waals surface area contributed by atoms with E-state index in [0.717, 1.165) is 6.92 Å². The Morgan fingerprint density at radius 3 is 1.64 bits per heavy atom. The molecule has 0 aromatic heterocycles. The Morgan fingerprint density at radius 2 is 1.64 bits per heavy atom.